The van der Waals surface area contributed by atoms with Crippen molar-refractivity contribution in [3.8, 4) is 0 Å². The van der Waals surface area contributed by atoms with Crippen LogP contribution in [-0.2, 0) is 0 Å². The van der Waals surface area contributed by atoms with Crippen LogP contribution in [0.1, 0.15) is 23.2 Å². The molecule has 0 atom stereocenters. The van der Waals surface area contributed by atoms with Crippen LogP contribution in [0.15, 0.2) is 18.2 Å². The van der Waals surface area contributed by atoms with Gasteiger partial charge in [0.05, 0.1) is 16.3 Å². The monoisotopic (exact) mass is 313 g/mol. The minimum atomic E-state index is -1.06. The fourth-order valence-corrected chi connectivity index (χ4v) is 1.90. The van der Waals surface area contributed by atoms with Crippen molar-refractivity contribution in [2.24, 2.45) is 0 Å². The van der Waals surface area contributed by atoms with Crippen LogP contribution in [0.4, 0.5) is 10.5 Å². The summed E-state index contributed by atoms with van der Waals surface area (Å²) in [6, 6.07) is 3.80. The number of anilines is 1. The third-order valence-corrected chi connectivity index (χ3v) is 3.09. The lowest BCUT2D eigenvalue weighted by Gasteiger charge is -2.11. The van der Waals surface area contributed by atoms with Gasteiger partial charge in [0, 0.05) is 6.54 Å². The molecule has 1 rings (SSSR count). The van der Waals surface area contributed by atoms with E-state index in [0.717, 1.165) is 19.4 Å². The summed E-state index contributed by atoms with van der Waals surface area (Å²) in [7, 11) is 4.01. The highest BCUT2D eigenvalue weighted by atomic mass is 35.5. The van der Waals surface area contributed by atoms with E-state index in [1.54, 1.807) is 0 Å². The number of rotatable bonds is 7. The Balaban J connectivity index is 2.39. The number of carbonyl (C=O) groups excluding carboxylic acids is 1. The van der Waals surface area contributed by atoms with Gasteiger partial charge in [0.15, 0.2) is 0 Å². The number of carboxylic acid groups (broad SMARTS) is 1. The van der Waals surface area contributed by atoms with Gasteiger partial charge in [-0.25, -0.2) is 9.59 Å². The number of unbranched alkanes of at least 4 members (excludes halogenated alkanes) is 1. The molecule has 2 amide bonds. The molecule has 0 aliphatic rings. The number of hydrogen-bond acceptors (Lipinski definition) is 3. The van der Waals surface area contributed by atoms with E-state index in [1.165, 1.54) is 18.2 Å². The average Bonchev–Trinajstić information content (AvgIpc) is 2.40. The van der Waals surface area contributed by atoms with Crippen molar-refractivity contribution in [3.63, 3.8) is 0 Å². The number of nitrogens with one attached hydrogen (secondary N) is 2. The first-order valence-electron chi connectivity index (χ1n) is 6.62. The van der Waals surface area contributed by atoms with Crippen LogP contribution < -0.4 is 10.6 Å². The number of halogens is 1. The molecule has 0 radical (unpaired) electrons. The first kappa shape index (κ1) is 17.3. The molecule has 0 aliphatic heterocycles. The third kappa shape index (κ3) is 6.46. The van der Waals surface area contributed by atoms with Crippen molar-refractivity contribution in [3.05, 3.63) is 28.8 Å². The van der Waals surface area contributed by atoms with Gasteiger partial charge in [0.25, 0.3) is 0 Å². The number of amides is 2. The second-order valence-electron chi connectivity index (χ2n) is 4.89. The molecule has 116 valence electrons. The van der Waals surface area contributed by atoms with E-state index in [4.69, 9.17) is 16.7 Å². The maximum Gasteiger partial charge on any atom is 0.335 e. The first-order chi connectivity index (χ1) is 9.90. The Morgan fingerprint density at radius 2 is 2.00 bits per heavy atom. The number of carbonyl (C=O) groups is 2. The van der Waals surface area contributed by atoms with Crippen LogP contribution in [-0.4, -0.2) is 49.2 Å². The van der Waals surface area contributed by atoms with Crippen LogP contribution in [0.25, 0.3) is 0 Å². The van der Waals surface area contributed by atoms with E-state index in [2.05, 4.69) is 15.5 Å². The Morgan fingerprint density at radius 1 is 1.29 bits per heavy atom. The highest BCUT2D eigenvalue weighted by Gasteiger charge is 2.09. The summed E-state index contributed by atoms with van der Waals surface area (Å²) in [5, 5.41) is 14.3. The second-order valence-corrected chi connectivity index (χ2v) is 5.30. The fourth-order valence-electron chi connectivity index (χ4n) is 1.67. The van der Waals surface area contributed by atoms with Crippen LogP contribution in [0.5, 0.6) is 0 Å². The number of aromatic carboxylic acids is 1. The van der Waals surface area contributed by atoms with Crippen molar-refractivity contribution in [1.82, 2.24) is 10.2 Å². The summed E-state index contributed by atoms with van der Waals surface area (Å²) in [5.41, 5.74) is 0.460. The molecule has 0 saturated heterocycles. The summed E-state index contributed by atoms with van der Waals surface area (Å²) >= 11 is 5.92. The maximum atomic E-state index is 11.7. The highest BCUT2D eigenvalue weighted by molar-refractivity contribution is 6.34. The lowest BCUT2D eigenvalue weighted by Crippen LogP contribution is -2.30. The summed E-state index contributed by atoms with van der Waals surface area (Å²) in [4.78, 5) is 24.5. The predicted octanol–water partition coefficient (Wildman–Crippen LogP) is 2.50. The van der Waals surface area contributed by atoms with Gasteiger partial charge >= 0.3 is 12.0 Å². The molecule has 0 saturated carbocycles. The summed E-state index contributed by atoms with van der Waals surface area (Å²) in [6.07, 6.45) is 1.89. The SMILES string of the molecule is CN(C)CCCCNC(=O)Nc1ccc(C(=O)O)cc1Cl. The molecule has 0 heterocycles. The van der Waals surface area contributed by atoms with E-state index < -0.39 is 5.97 Å². The molecular weight excluding hydrogens is 294 g/mol. The first-order valence-corrected chi connectivity index (χ1v) is 7.00. The predicted molar refractivity (Wildman–Crippen MR) is 83.2 cm³/mol. The molecule has 6 nitrogen and oxygen atoms in total. The number of hydrogen-bond donors (Lipinski definition) is 3. The van der Waals surface area contributed by atoms with Crippen molar-refractivity contribution in [2.45, 2.75) is 12.8 Å². The molecule has 0 spiro atoms. The zero-order valence-electron chi connectivity index (χ0n) is 12.1. The Morgan fingerprint density at radius 3 is 2.57 bits per heavy atom. The molecule has 0 aliphatic carbocycles. The molecule has 1 aromatic rings. The lowest BCUT2D eigenvalue weighted by atomic mass is 10.2. The molecule has 0 fully saturated rings. The second kappa shape index (κ2) is 8.49. The largest absolute Gasteiger partial charge is 0.478 e. The molecule has 0 aromatic heterocycles. The Hall–Kier alpha value is -1.79. The summed E-state index contributed by atoms with van der Waals surface area (Å²) in [6.45, 7) is 1.55. The van der Waals surface area contributed by atoms with Crippen molar-refractivity contribution in [2.75, 3.05) is 32.5 Å². The third-order valence-electron chi connectivity index (χ3n) is 2.78. The zero-order chi connectivity index (χ0) is 15.8. The summed E-state index contributed by atoms with van der Waals surface area (Å²) < 4.78 is 0. The van der Waals surface area contributed by atoms with Crippen molar-refractivity contribution in [1.29, 1.82) is 0 Å². The van der Waals surface area contributed by atoms with E-state index >= 15 is 0 Å². The molecule has 7 heteroatoms. The minimum absolute atomic E-state index is 0.0784. The molecule has 0 bridgehead atoms. The minimum Gasteiger partial charge on any atom is -0.478 e. The zero-order valence-corrected chi connectivity index (χ0v) is 12.9. The number of urea groups is 1. The Bertz CT molecular complexity index is 506. The molecular formula is C14H20ClN3O3. The van der Waals surface area contributed by atoms with Crippen LogP contribution in [0.2, 0.25) is 5.02 Å². The van der Waals surface area contributed by atoms with Crippen LogP contribution in [0, 0.1) is 0 Å². The van der Waals surface area contributed by atoms with Crippen LogP contribution >= 0.6 is 11.6 Å². The number of nitrogens with zero attached hydrogens (tertiary/aromatic N) is 1. The van der Waals surface area contributed by atoms with E-state index in [0.29, 0.717) is 12.2 Å². The van der Waals surface area contributed by atoms with E-state index in [-0.39, 0.29) is 16.6 Å². The molecule has 0 unspecified atom stereocenters. The quantitative estimate of drug-likeness (QED) is 0.676. The van der Waals surface area contributed by atoms with Crippen LogP contribution in [0.3, 0.4) is 0 Å². The van der Waals surface area contributed by atoms with Crippen molar-refractivity contribution < 1.29 is 14.7 Å². The topological polar surface area (TPSA) is 81.7 Å². The Kier molecular flexibility index (Phi) is 6.98. The normalized spacial score (nSPS) is 10.5. The van der Waals surface area contributed by atoms with Gasteiger partial charge in [0.1, 0.15) is 0 Å². The maximum absolute atomic E-state index is 11.7. The summed E-state index contributed by atoms with van der Waals surface area (Å²) in [5.74, 6) is -1.06. The van der Waals surface area contributed by atoms with Gasteiger partial charge in [-0.3, -0.25) is 0 Å². The average molecular weight is 314 g/mol. The standard InChI is InChI=1S/C14H20ClN3O3/c1-18(2)8-4-3-7-16-14(21)17-12-6-5-10(13(19)20)9-11(12)15/h5-6,9H,3-4,7-8H2,1-2H3,(H,19,20)(H2,16,17,21). The van der Waals surface area contributed by atoms with E-state index in [9.17, 15) is 9.59 Å². The van der Waals surface area contributed by atoms with Crippen molar-refractivity contribution >= 4 is 29.3 Å². The van der Waals surface area contributed by atoms with Gasteiger partial charge in [-0.1, -0.05) is 11.6 Å². The molecule has 3 N–H and O–H groups in total. The van der Waals surface area contributed by atoms with Gasteiger partial charge in [-0.2, -0.15) is 0 Å². The Labute approximate surface area is 129 Å². The van der Waals surface area contributed by atoms with Gasteiger partial charge in [-0.05, 0) is 51.7 Å². The van der Waals surface area contributed by atoms with Gasteiger partial charge in [0.2, 0.25) is 0 Å². The fraction of sp³-hybridized carbons (Fsp3) is 0.429. The van der Waals surface area contributed by atoms with E-state index in [1.807, 2.05) is 14.1 Å². The van der Waals surface area contributed by atoms with Gasteiger partial charge < -0.3 is 20.6 Å². The number of benzene rings is 1. The lowest BCUT2D eigenvalue weighted by molar-refractivity contribution is 0.0697. The highest BCUT2D eigenvalue weighted by Crippen LogP contribution is 2.22. The molecule has 1 aromatic carbocycles. The molecule has 21 heavy (non-hydrogen) atoms. The van der Waals surface area contributed by atoms with Gasteiger partial charge in [-0.15, -0.1) is 0 Å². The smallest absolute Gasteiger partial charge is 0.335 e. The number of carboxylic acids is 1.